The summed E-state index contributed by atoms with van der Waals surface area (Å²) in [4.78, 5) is 0. The number of sulfonamides is 1. The fourth-order valence-corrected chi connectivity index (χ4v) is 0.845. The Morgan fingerprint density at radius 1 is 1.50 bits per heavy atom. The molecule has 0 spiro atoms. The van der Waals surface area contributed by atoms with Crippen LogP contribution in [0.3, 0.4) is 0 Å². The van der Waals surface area contributed by atoms with Gasteiger partial charge < -0.3 is 0 Å². The van der Waals surface area contributed by atoms with Crippen molar-refractivity contribution in [3.05, 3.63) is 0 Å². The van der Waals surface area contributed by atoms with E-state index in [9.17, 15) is 8.42 Å². The lowest BCUT2D eigenvalue weighted by Crippen LogP contribution is -1.85. The number of hydrogen-bond donors (Lipinski definition) is 0. The molecular formula is C2H6N2O2S2. The lowest BCUT2D eigenvalue weighted by atomic mass is 12.0. The molecule has 0 aliphatic heterocycles. The topological polar surface area (TPSA) is 58.9 Å². The molecule has 6 heteroatoms. The van der Waals surface area contributed by atoms with Gasteiger partial charge in [0.05, 0.1) is 6.26 Å². The summed E-state index contributed by atoms with van der Waals surface area (Å²) in [6.45, 7) is 0. The first-order valence-electron chi connectivity index (χ1n) is 1.71. The maximum absolute atomic E-state index is 10.1. The van der Waals surface area contributed by atoms with E-state index in [2.05, 4.69) is 9.04 Å². The van der Waals surface area contributed by atoms with Gasteiger partial charge >= 0.3 is 0 Å². The van der Waals surface area contributed by atoms with Gasteiger partial charge in [-0.05, 0) is 11.9 Å². The third-order valence-electron chi connectivity index (χ3n) is 0.263. The normalized spacial score (nSPS) is 12.8. The second-order valence-corrected chi connectivity index (χ2v) is 3.24. The van der Waals surface area contributed by atoms with Crippen LogP contribution in [0.2, 0.25) is 0 Å². The van der Waals surface area contributed by atoms with Crippen molar-refractivity contribution in [3.8, 4) is 0 Å². The monoisotopic (exact) mass is 154 g/mol. The van der Waals surface area contributed by atoms with E-state index in [1.165, 1.54) is 0 Å². The van der Waals surface area contributed by atoms with E-state index in [4.69, 9.17) is 0 Å². The van der Waals surface area contributed by atoms with Crippen molar-refractivity contribution in [2.45, 2.75) is 0 Å². The Bertz CT molecular complexity index is 170. The highest BCUT2D eigenvalue weighted by molar-refractivity contribution is 7.97. The van der Waals surface area contributed by atoms with Crippen LogP contribution < -0.4 is 0 Å². The van der Waals surface area contributed by atoms with Gasteiger partial charge in [0.15, 0.2) is 0 Å². The largest absolute Gasteiger partial charge is 0.268 e. The van der Waals surface area contributed by atoms with E-state index in [0.717, 1.165) is 18.2 Å². The molecule has 0 amide bonds. The van der Waals surface area contributed by atoms with Crippen molar-refractivity contribution in [2.24, 2.45) is 9.04 Å². The van der Waals surface area contributed by atoms with E-state index >= 15 is 0 Å². The van der Waals surface area contributed by atoms with Crippen LogP contribution in [0.1, 0.15) is 0 Å². The van der Waals surface area contributed by atoms with Crippen LogP contribution in [-0.2, 0) is 10.0 Å². The lowest BCUT2D eigenvalue weighted by molar-refractivity contribution is 0.602. The number of hydrogen-bond acceptors (Lipinski definition) is 4. The van der Waals surface area contributed by atoms with Crippen molar-refractivity contribution in [1.29, 1.82) is 0 Å². The predicted octanol–water partition coefficient (Wildman–Crippen LogP) is 0.676. The standard InChI is InChI=1S/C2H6N2O2S2/c1-7-3-4-8(2,5)6/h1-2H3/b4-3-. The first-order chi connectivity index (χ1) is 3.56. The van der Waals surface area contributed by atoms with Gasteiger partial charge in [-0.25, -0.2) is 8.42 Å². The molecule has 0 atom stereocenters. The first-order valence-corrected chi connectivity index (χ1v) is 4.74. The van der Waals surface area contributed by atoms with Gasteiger partial charge in [-0.1, -0.05) is 4.52 Å². The molecule has 0 heterocycles. The Morgan fingerprint density at radius 2 is 2.00 bits per heavy atom. The molecule has 0 saturated carbocycles. The zero-order valence-corrected chi connectivity index (χ0v) is 6.16. The van der Waals surface area contributed by atoms with Crippen molar-refractivity contribution in [1.82, 2.24) is 0 Å². The van der Waals surface area contributed by atoms with Crippen LogP contribution in [-0.4, -0.2) is 20.9 Å². The Kier molecular flexibility index (Phi) is 2.99. The lowest BCUT2D eigenvalue weighted by Gasteiger charge is -1.78. The highest BCUT2D eigenvalue weighted by Crippen LogP contribution is 1.96. The summed E-state index contributed by atoms with van der Waals surface area (Å²) in [6, 6.07) is 0. The molecule has 0 aromatic rings. The summed E-state index contributed by atoms with van der Waals surface area (Å²) in [5.74, 6) is 0. The molecular weight excluding hydrogens is 148 g/mol. The molecule has 0 aliphatic rings. The third-order valence-corrected chi connectivity index (χ3v) is 0.990. The minimum Gasteiger partial charge on any atom is -0.203 e. The average Bonchev–Trinajstić information content (AvgIpc) is 1.59. The molecule has 4 nitrogen and oxygen atoms in total. The van der Waals surface area contributed by atoms with E-state index in [0.29, 0.717) is 0 Å². The molecule has 0 fully saturated rings. The molecule has 0 aromatic heterocycles. The van der Waals surface area contributed by atoms with Crippen molar-refractivity contribution in [3.63, 3.8) is 0 Å². The first kappa shape index (κ1) is 7.90. The van der Waals surface area contributed by atoms with Crippen molar-refractivity contribution in [2.75, 3.05) is 12.5 Å². The van der Waals surface area contributed by atoms with E-state index in [1.807, 2.05) is 0 Å². The van der Waals surface area contributed by atoms with E-state index < -0.39 is 10.0 Å². The van der Waals surface area contributed by atoms with Gasteiger partial charge in [0.25, 0.3) is 10.0 Å². The molecule has 0 bridgehead atoms. The molecule has 0 rings (SSSR count). The molecule has 8 heavy (non-hydrogen) atoms. The zero-order valence-electron chi connectivity index (χ0n) is 4.53. The molecule has 0 saturated heterocycles. The SMILES string of the molecule is CS/N=N\S(C)(=O)=O. The summed E-state index contributed by atoms with van der Waals surface area (Å²) in [7, 11) is -3.25. The quantitative estimate of drug-likeness (QED) is 0.434. The average molecular weight is 154 g/mol. The van der Waals surface area contributed by atoms with Crippen molar-refractivity contribution >= 4 is 22.0 Å². The number of nitrogens with zero attached hydrogens (tertiary/aromatic N) is 2. The highest BCUT2D eigenvalue weighted by atomic mass is 32.2. The van der Waals surface area contributed by atoms with Crippen LogP contribution >= 0.6 is 11.9 Å². The molecule has 0 aliphatic carbocycles. The highest BCUT2D eigenvalue weighted by Gasteiger charge is 1.92. The second kappa shape index (κ2) is 3.03. The minimum atomic E-state index is -3.25. The summed E-state index contributed by atoms with van der Waals surface area (Å²) in [5.41, 5.74) is 0. The van der Waals surface area contributed by atoms with Crippen LogP contribution in [0, 0.1) is 0 Å². The molecule has 0 aromatic carbocycles. The third kappa shape index (κ3) is 5.90. The predicted molar refractivity (Wildman–Crippen MR) is 33.2 cm³/mol. The Labute approximate surface area is 52.6 Å². The molecule has 0 radical (unpaired) electrons. The smallest absolute Gasteiger partial charge is 0.203 e. The summed E-state index contributed by atoms with van der Waals surface area (Å²) < 4.78 is 26.4. The zero-order chi connectivity index (χ0) is 6.62. The maximum atomic E-state index is 10.1. The van der Waals surface area contributed by atoms with Crippen LogP contribution in [0.5, 0.6) is 0 Å². The fraction of sp³-hybridized carbons (Fsp3) is 1.00. The Hall–Kier alpha value is -0.100. The van der Waals surface area contributed by atoms with Crippen LogP contribution in [0.4, 0.5) is 0 Å². The molecule has 48 valence electrons. The Morgan fingerprint density at radius 3 is 2.12 bits per heavy atom. The van der Waals surface area contributed by atoms with E-state index in [1.54, 1.807) is 6.26 Å². The van der Waals surface area contributed by atoms with Gasteiger partial charge in [-0.15, -0.1) is 4.52 Å². The van der Waals surface area contributed by atoms with Gasteiger partial charge in [0.2, 0.25) is 0 Å². The van der Waals surface area contributed by atoms with Gasteiger partial charge in [0.1, 0.15) is 0 Å². The molecule has 0 N–H and O–H groups in total. The van der Waals surface area contributed by atoms with Gasteiger partial charge in [-0.3, -0.25) is 0 Å². The fourth-order valence-electron chi connectivity index (χ4n) is 0.0939. The maximum Gasteiger partial charge on any atom is 0.268 e. The van der Waals surface area contributed by atoms with Gasteiger partial charge in [-0.2, -0.15) is 0 Å². The van der Waals surface area contributed by atoms with E-state index in [-0.39, 0.29) is 0 Å². The summed E-state index contributed by atoms with van der Waals surface area (Å²) in [5, 5.41) is 0. The Balaban J connectivity index is 3.92. The van der Waals surface area contributed by atoms with Crippen molar-refractivity contribution < 1.29 is 8.42 Å². The minimum absolute atomic E-state index is 0.993. The van der Waals surface area contributed by atoms with Gasteiger partial charge in [0, 0.05) is 6.26 Å². The summed E-state index contributed by atoms with van der Waals surface area (Å²) >= 11 is 1.01. The van der Waals surface area contributed by atoms with Crippen LogP contribution in [0.15, 0.2) is 9.04 Å². The summed E-state index contributed by atoms with van der Waals surface area (Å²) in [6.07, 6.45) is 2.63. The number of rotatable bonds is 2. The molecule has 0 unspecified atom stereocenters. The van der Waals surface area contributed by atoms with Crippen LogP contribution in [0.25, 0.3) is 0 Å². The second-order valence-electron chi connectivity index (χ2n) is 1.08.